The zero-order chi connectivity index (χ0) is 18.8. The summed E-state index contributed by atoms with van der Waals surface area (Å²) in [4.78, 5) is 24.8. The molecule has 0 spiro atoms. The van der Waals surface area contributed by atoms with Gasteiger partial charge in [0.15, 0.2) is 0 Å². The van der Waals surface area contributed by atoms with Gasteiger partial charge in [0.05, 0.1) is 5.56 Å². The summed E-state index contributed by atoms with van der Waals surface area (Å²) in [7, 11) is 0. The van der Waals surface area contributed by atoms with Crippen LogP contribution in [-0.4, -0.2) is 42.5 Å². The summed E-state index contributed by atoms with van der Waals surface area (Å²) in [5.41, 5.74) is 1.02. The van der Waals surface area contributed by atoms with Crippen molar-refractivity contribution in [3.8, 4) is 5.75 Å². The third-order valence-corrected chi connectivity index (χ3v) is 3.83. The number of aliphatic hydroxyl groups excluding tert-OH is 1. The molecule has 138 valence electrons. The van der Waals surface area contributed by atoms with E-state index in [4.69, 9.17) is 4.74 Å². The van der Waals surface area contributed by atoms with Crippen molar-refractivity contribution in [2.75, 3.05) is 19.7 Å². The normalized spacial score (nSPS) is 11.8. The number of aliphatic hydroxyl groups is 1. The minimum absolute atomic E-state index is 0.0495. The highest BCUT2D eigenvalue weighted by Gasteiger charge is 2.20. The molecule has 0 aliphatic rings. The van der Waals surface area contributed by atoms with Crippen molar-refractivity contribution < 1.29 is 19.4 Å². The molecule has 2 aromatic carbocycles. The predicted molar refractivity (Wildman–Crippen MR) is 101 cm³/mol. The van der Waals surface area contributed by atoms with Gasteiger partial charge in [0.2, 0.25) is 11.6 Å². The largest absolute Gasteiger partial charge is 0.490 e. The Bertz CT molecular complexity index is 715. The Morgan fingerprint density at radius 3 is 2.50 bits per heavy atom. The smallest absolute Gasteiger partial charge is 0.232 e. The molecule has 2 rings (SSSR count). The van der Waals surface area contributed by atoms with Crippen LogP contribution in [0.3, 0.4) is 0 Å². The van der Waals surface area contributed by atoms with Gasteiger partial charge in [-0.25, -0.2) is 0 Å². The van der Waals surface area contributed by atoms with Crippen LogP contribution in [0.15, 0.2) is 54.6 Å². The molecule has 5 nitrogen and oxygen atoms in total. The maximum Gasteiger partial charge on any atom is 0.232 e. The lowest BCUT2D eigenvalue weighted by Crippen LogP contribution is -2.32. The molecule has 0 aromatic heterocycles. The summed E-state index contributed by atoms with van der Waals surface area (Å²) < 4.78 is 5.59. The lowest BCUT2D eigenvalue weighted by atomic mass is 10.0. The molecule has 0 saturated carbocycles. The molecule has 0 amide bonds. The molecule has 0 fully saturated rings. The first-order chi connectivity index (χ1) is 12.6. The van der Waals surface area contributed by atoms with Gasteiger partial charge in [0, 0.05) is 13.0 Å². The fraction of sp³-hybridized carbons (Fsp3) is 0.333. The molecular formula is C21H25NO4. The van der Waals surface area contributed by atoms with E-state index in [-0.39, 0.29) is 18.6 Å². The monoisotopic (exact) mass is 355 g/mol. The molecule has 0 saturated heterocycles. The van der Waals surface area contributed by atoms with Gasteiger partial charge in [0.25, 0.3) is 0 Å². The first-order valence-corrected chi connectivity index (χ1v) is 8.84. The Hall–Kier alpha value is -2.50. The fourth-order valence-corrected chi connectivity index (χ4v) is 2.48. The van der Waals surface area contributed by atoms with Crippen LogP contribution in [0.25, 0.3) is 0 Å². The average Bonchev–Trinajstić information content (AvgIpc) is 2.67. The number of hydrogen-bond donors (Lipinski definition) is 2. The number of carbonyl (C=O) groups excluding carboxylic acids is 2. The number of ketones is 2. The summed E-state index contributed by atoms with van der Waals surface area (Å²) in [6.45, 7) is 3.33. The number of Topliss-reactive ketones (excluding diaryl/α,β-unsaturated/α-hetero) is 2. The molecule has 0 aliphatic heterocycles. The molecular weight excluding hydrogens is 330 g/mol. The Morgan fingerprint density at radius 2 is 1.77 bits per heavy atom. The van der Waals surface area contributed by atoms with Crippen molar-refractivity contribution in [2.24, 2.45) is 0 Å². The van der Waals surface area contributed by atoms with Crippen molar-refractivity contribution in [3.05, 3.63) is 65.7 Å². The highest BCUT2D eigenvalue weighted by molar-refractivity contribution is 6.44. The Kier molecular flexibility index (Phi) is 7.99. The van der Waals surface area contributed by atoms with Crippen LogP contribution in [-0.2, 0) is 11.2 Å². The number of ether oxygens (including phenoxy) is 1. The topological polar surface area (TPSA) is 75.6 Å². The summed E-state index contributed by atoms with van der Waals surface area (Å²) in [5.74, 6) is -0.756. The van der Waals surface area contributed by atoms with Gasteiger partial charge in [-0.3, -0.25) is 9.59 Å². The lowest BCUT2D eigenvalue weighted by Gasteiger charge is -2.15. The number of nitrogens with one attached hydrogen (secondary N) is 1. The minimum Gasteiger partial charge on any atom is -0.490 e. The van der Waals surface area contributed by atoms with Gasteiger partial charge in [-0.1, -0.05) is 49.4 Å². The second-order valence-electron chi connectivity index (χ2n) is 6.08. The maximum atomic E-state index is 12.5. The standard InChI is InChI=1S/C21H25NO4/c1-2-12-22-14-17(23)15-26-20-11-7-6-10-18(20)21(25)19(24)13-16-8-4-3-5-9-16/h3-11,17,22-23H,2,12-15H2,1H3. The van der Waals surface area contributed by atoms with Crippen molar-refractivity contribution in [1.82, 2.24) is 5.32 Å². The van der Waals surface area contributed by atoms with E-state index in [1.165, 1.54) is 0 Å². The lowest BCUT2D eigenvalue weighted by molar-refractivity contribution is -0.114. The number of rotatable bonds is 11. The highest BCUT2D eigenvalue weighted by Crippen LogP contribution is 2.20. The molecule has 2 N–H and O–H groups in total. The maximum absolute atomic E-state index is 12.5. The number of hydrogen-bond acceptors (Lipinski definition) is 5. The van der Waals surface area contributed by atoms with Gasteiger partial charge in [-0.05, 0) is 30.7 Å². The number of para-hydroxylation sites is 1. The second-order valence-corrected chi connectivity index (χ2v) is 6.08. The van der Waals surface area contributed by atoms with E-state index in [2.05, 4.69) is 5.32 Å². The predicted octanol–water partition coefficient (Wildman–Crippen LogP) is 2.42. The van der Waals surface area contributed by atoms with Crippen LogP contribution in [0.1, 0.15) is 29.3 Å². The molecule has 26 heavy (non-hydrogen) atoms. The third kappa shape index (κ3) is 6.10. The molecule has 0 bridgehead atoms. The second kappa shape index (κ2) is 10.5. The summed E-state index contributed by atoms with van der Waals surface area (Å²) in [6.07, 6.45) is 0.344. The molecule has 1 atom stereocenters. The van der Waals surface area contributed by atoms with Gasteiger partial charge in [-0.2, -0.15) is 0 Å². The molecule has 2 aromatic rings. The fourth-order valence-electron chi connectivity index (χ4n) is 2.48. The van der Waals surface area contributed by atoms with E-state index in [1.807, 2.05) is 37.3 Å². The minimum atomic E-state index is -0.690. The first-order valence-electron chi connectivity index (χ1n) is 8.84. The Balaban J connectivity index is 1.98. The highest BCUT2D eigenvalue weighted by atomic mass is 16.5. The van der Waals surface area contributed by atoms with E-state index in [1.54, 1.807) is 24.3 Å². The van der Waals surface area contributed by atoms with Gasteiger partial charge in [-0.15, -0.1) is 0 Å². The van der Waals surface area contributed by atoms with Crippen LogP contribution < -0.4 is 10.1 Å². The number of benzene rings is 2. The van der Waals surface area contributed by atoms with E-state index >= 15 is 0 Å². The molecule has 0 radical (unpaired) electrons. The Labute approximate surface area is 154 Å². The van der Waals surface area contributed by atoms with Crippen molar-refractivity contribution in [3.63, 3.8) is 0 Å². The zero-order valence-corrected chi connectivity index (χ0v) is 15.0. The van der Waals surface area contributed by atoms with Crippen LogP contribution >= 0.6 is 0 Å². The van der Waals surface area contributed by atoms with E-state index in [9.17, 15) is 14.7 Å². The van der Waals surface area contributed by atoms with Crippen LogP contribution in [0.5, 0.6) is 5.75 Å². The average molecular weight is 355 g/mol. The summed E-state index contributed by atoms with van der Waals surface area (Å²) in [6, 6.07) is 15.8. The first kappa shape index (κ1) is 19.8. The zero-order valence-electron chi connectivity index (χ0n) is 15.0. The van der Waals surface area contributed by atoms with Gasteiger partial charge < -0.3 is 15.2 Å². The van der Waals surface area contributed by atoms with Crippen molar-refractivity contribution in [1.29, 1.82) is 0 Å². The Morgan fingerprint density at radius 1 is 1.08 bits per heavy atom. The van der Waals surface area contributed by atoms with E-state index in [0.29, 0.717) is 12.3 Å². The molecule has 0 heterocycles. The van der Waals surface area contributed by atoms with E-state index in [0.717, 1.165) is 18.5 Å². The quantitative estimate of drug-likeness (QED) is 0.368. The summed E-state index contributed by atoms with van der Waals surface area (Å²) >= 11 is 0. The van der Waals surface area contributed by atoms with Crippen LogP contribution in [0, 0.1) is 0 Å². The van der Waals surface area contributed by atoms with Crippen molar-refractivity contribution >= 4 is 11.6 Å². The van der Waals surface area contributed by atoms with E-state index < -0.39 is 17.7 Å². The SMILES string of the molecule is CCCNCC(O)COc1ccccc1C(=O)C(=O)Cc1ccccc1. The van der Waals surface area contributed by atoms with Gasteiger partial charge >= 0.3 is 0 Å². The molecule has 5 heteroatoms. The number of carbonyl (C=O) groups is 2. The van der Waals surface area contributed by atoms with Crippen molar-refractivity contribution in [2.45, 2.75) is 25.9 Å². The third-order valence-electron chi connectivity index (χ3n) is 3.83. The summed E-state index contributed by atoms with van der Waals surface area (Å²) in [5, 5.41) is 13.0. The molecule has 0 aliphatic carbocycles. The van der Waals surface area contributed by atoms with Crippen LogP contribution in [0.4, 0.5) is 0 Å². The van der Waals surface area contributed by atoms with Crippen LogP contribution in [0.2, 0.25) is 0 Å². The van der Waals surface area contributed by atoms with Gasteiger partial charge in [0.1, 0.15) is 18.5 Å². The molecule has 1 unspecified atom stereocenters.